The van der Waals surface area contributed by atoms with E-state index < -0.39 is 0 Å². The first kappa shape index (κ1) is 17.6. The third-order valence-electron chi connectivity index (χ3n) is 4.11. The summed E-state index contributed by atoms with van der Waals surface area (Å²) >= 11 is 12.2. The third kappa shape index (κ3) is 4.13. The maximum atomic E-state index is 6.26. The molecule has 0 fully saturated rings. The van der Waals surface area contributed by atoms with Gasteiger partial charge in [-0.05, 0) is 48.0 Å². The molecule has 3 aromatic carbocycles. The molecule has 1 heterocycles. The standard InChI is InChI=1S/C21H16Cl2N4/c22-15-9-11-16(12-10-15)25-21-26-19-8-4-2-6-17(19)20(27-21)24-13-14-5-1-3-7-18(14)23/h1-12H,13H2,(H2,24,25,26,27). The molecule has 1 aromatic heterocycles. The van der Waals surface area contributed by atoms with Crippen LogP contribution in [0.15, 0.2) is 72.8 Å². The van der Waals surface area contributed by atoms with Crippen molar-refractivity contribution in [3.05, 3.63) is 88.4 Å². The highest BCUT2D eigenvalue weighted by molar-refractivity contribution is 6.31. The average Bonchev–Trinajstić information content (AvgIpc) is 2.69. The molecular weight excluding hydrogens is 379 g/mol. The third-order valence-corrected chi connectivity index (χ3v) is 4.73. The summed E-state index contributed by atoms with van der Waals surface area (Å²) in [4.78, 5) is 9.26. The lowest BCUT2D eigenvalue weighted by atomic mass is 10.2. The number of benzene rings is 3. The number of nitrogens with zero attached hydrogens (tertiary/aromatic N) is 2. The van der Waals surface area contributed by atoms with Gasteiger partial charge in [0.25, 0.3) is 0 Å². The predicted octanol–water partition coefficient (Wildman–Crippen LogP) is 6.29. The molecular formula is C21H16Cl2N4. The van der Waals surface area contributed by atoms with Gasteiger partial charge in [-0.3, -0.25) is 0 Å². The van der Waals surface area contributed by atoms with Gasteiger partial charge >= 0.3 is 0 Å². The van der Waals surface area contributed by atoms with E-state index in [0.29, 0.717) is 17.5 Å². The van der Waals surface area contributed by atoms with Gasteiger partial charge in [-0.25, -0.2) is 4.98 Å². The monoisotopic (exact) mass is 394 g/mol. The fourth-order valence-electron chi connectivity index (χ4n) is 2.75. The molecule has 0 aliphatic carbocycles. The van der Waals surface area contributed by atoms with Crippen LogP contribution in [0.4, 0.5) is 17.5 Å². The van der Waals surface area contributed by atoms with Crippen LogP contribution in [0.3, 0.4) is 0 Å². The molecule has 0 amide bonds. The van der Waals surface area contributed by atoms with Crippen LogP contribution in [-0.4, -0.2) is 9.97 Å². The Morgan fingerprint density at radius 2 is 1.52 bits per heavy atom. The number of anilines is 3. The molecule has 27 heavy (non-hydrogen) atoms. The van der Waals surface area contributed by atoms with Gasteiger partial charge in [0, 0.05) is 27.7 Å². The fraction of sp³-hybridized carbons (Fsp3) is 0.0476. The summed E-state index contributed by atoms with van der Waals surface area (Å²) in [6, 6.07) is 23.1. The summed E-state index contributed by atoms with van der Waals surface area (Å²) in [5.74, 6) is 1.26. The van der Waals surface area contributed by atoms with Gasteiger partial charge < -0.3 is 10.6 Å². The number of rotatable bonds is 5. The number of aromatic nitrogens is 2. The molecule has 134 valence electrons. The molecule has 0 aliphatic rings. The normalized spacial score (nSPS) is 10.7. The smallest absolute Gasteiger partial charge is 0.229 e. The molecule has 0 radical (unpaired) electrons. The summed E-state index contributed by atoms with van der Waals surface area (Å²) in [6.07, 6.45) is 0. The van der Waals surface area contributed by atoms with Gasteiger partial charge in [-0.15, -0.1) is 0 Å². The van der Waals surface area contributed by atoms with E-state index in [1.807, 2.05) is 72.8 Å². The minimum absolute atomic E-state index is 0.512. The van der Waals surface area contributed by atoms with Crippen molar-refractivity contribution < 1.29 is 0 Å². The van der Waals surface area contributed by atoms with Crippen LogP contribution >= 0.6 is 23.2 Å². The van der Waals surface area contributed by atoms with Crippen LogP contribution in [0.25, 0.3) is 10.9 Å². The maximum Gasteiger partial charge on any atom is 0.229 e. The Kier molecular flexibility index (Phi) is 5.10. The van der Waals surface area contributed by atoms with Gasteiger partial charge in [-0.2, -0.15) is 4.98 Å². The Labute approximate surface area is 167 Å². The average molecular weight is 395 g/mol. The van der Waals surface area contributed by atoms with Crippen molar-refractivity contribution in [2.45, 2.75) is 6.54 Å². The number of halogens is 2. The molecule has 2 N–H and O–H groups in total. The summed E-state index contributed by atoms with van der Waals surface area (Å²) < 4.78 is 0. The van der Waals surface area contributed by atoms with Crippen molar-refractivity contribution in [2.24, 2.45) is 0 Å². The number of para-hydroxylation sites is 1. The maximum absolute atomic E-state index is 6.26. The van der Waals surface area contributed by atoms with Crippen molar-refractivity contribution in [2.75, 3.05) is 10.6 Å². The lowest BCUT2D eigenvalue weighted by molar-refractivity contribution is 1.10. The van der Waals surface area contributed by atoms with Gasteiger partial charge in [0.15, 0.2) is 0 Å². The van der Waals surface area contributed by atoms with Crippen LogP contribution in [0.5, 0.6) is 0 Å². The van der Waals surface area contributed by atoms with Crippen LogP contribution in [0, 0.1) is 0 Å². The topological polar surface area (TPSA) is 49.8 Å². The molecule has 4 nitrogen and oxygen atoms in total. The zero-order valence-electron chi connectivity index (χ0n) is 14.3. The molecule has 0 saturated carbocycles. The quantitative estimate of drug-likeness (QED) is 0.417. The molecule has 4 rings (SSSR count). The molecule has 0 atom stereocenters. The van der Waals surface area contributed by atoms with E-state index in [4.69, 9.17) is 23.2 Å². The van der Waals surface area contributed by atoms with E-state index in [2.05, 4.69) is 20.6 Å². The molecule has 0 saturated heterocycles. The van der Waals surface area contributed by atoms with Crippen LogP contribution < -0.4 is 10.6 Å². The van der Waals surface area contributed by atoms with Gasteiger partial charge in [0.1, 0.15) is 5.82 Å². The van der Waals surface area contributed by atoms with Gasteiger partial charge in [0.2, 0.25) is 5.95 Å². The van der Waals surface area contributed by atoms with Crippen LogP contribution in [-0.2, 0) is 6.54 Å². The second kappa shape index (κ2) is 7.82. The summed E-state index contributed by atoms with van der Waals surface area (Å²) in [7, 11) is 0. The van der Waals surface area contributed by atoms with E-state index in [-0.39, 0.29) is 0 Å². The van der Waals surface area contributed by atoms with E-state index in [0.717, 1.165) is 33.0 Å². The predicted molar refractivity (Wildman–Crippen MR) is 113 cm³/mol. The first-order chi connectivity index (χ1) is 13.2. The van der Waals surface area contributed by atoms with Crippen LogP contribution in [0.2, 0.25) is 10.0 Å². The summed E-state index contributed by atoms with van der Waals surface area (Å²) in [5.41, 5.74) is 2.73. The highest BCUT2D eigenvalue weighted by Crippen LogP contribution is 2.25. The van der Waals surface area contributed by atoms with Crippen molar-refractivity contribution in [3.63, 3.8) is 0 Å². The molecule has 0 aliphatic heterocycles. The Hall–Kier alpha value is -2.82. The Morgan fingerprint density at radius 3 is 2.33 bits per heavy atom. The Morgan fingerprint density at radius 1 is 0.778 bits per heavy atom. The van der Waals surface area contributed by atoms with Gasteiger partial charge in [-0.1, -0.05) is 53.5 Å². The Balaban J connectivity index is 1.66. The summed E-state index contributed by atoms with van der Waals surface area (Å²) in [6.45, 7) is 0.571. The zero-order chi connectivity index (χ0) is 18.6. The van der Waals surface area contributed by atoms with E-state index in [1.54, 1.807) is 0 Å². The minimum Gasteiger partial charge on any atom is -0.365 e. The highest BCUT2D eigenvalue weighted by Gasteiger charge is 2.09. The zero-order valence-corrected chi connectivity index (χ0v) is 15.8. The largest absolute Gasteiger partial charge is 0.365 e. The Bertz CT molecular complexity index is 1080. The van der Waals surface area contributed by atoms with E-state index >= 15 is 0 Å². The lowest BCUT2D eigenvalue weighted by Crippen LogP contribution is -2.06. The van der Waals surface area contributed by atoms with Gasteiger partial charge in [0.05, 0.1) is 5.52 Å². The first-order valence-electron chi connectivity index (χ1n) is 8.46. The molecule has 0 unspecified atom stereocenters. The SMILES string of the molecule is Clc1ccc(Nc2nc(NCc3ccccc3Cl)c3ccccc3n2)cc1. The molecule has 6 heteroatoms. The molecule has 0 spiro atoms. The van der Waals surface area contributed by atoms with Crippen molar-refractivity contribution >= 4 is 51.6 Å². The minimum atomic E-state index is 0.512. The van der Waals surface area contributed by atoms with Crippen molar-refractivity contribution in [3.8, 4) is 0 Å². The second-order valence-corrected chi connectivity index (χ2v) is 6.83. The molecule has 4 aromatic rings. The lowest BCUT2D eigenvalue weighted by Gasteiger charge is -2.12. The van der Waals surface area contributed by atoms with Crippen molar-refractivity contribution in [1.29, 1.82) is 0 Å². The van der Waals surface area contributed by atoms with E-state index in [9.17, 15) is 0 Å². The first-order valence-corrected chi connectivity index (χ1v) is 9.21. The molecule has 0 bridgehead atoms. The summed E-state index contributed by atoms with van der Waals surface area (Å²) in [5, 5.41) is 8.97. The van der Waals surface area contributed by atoms with Crippen molar-refractivity contribution in [1.82, 2.24) is 9.97 Å². The second-order valence-electron chi connectivity index (χ2n) is 5.99. The number of fused-ring (bicyclic) bond motifs is 1. The fourth-order valence-corrected chi connectivity index (χ4v) is 3.08. The number of hydrogen-bond donors (Lipinski definition) is 2. The van der Waals surface area contributed by atoms with E-state index in [1.165, 1.54) is 0 Å². The highest BCUT2D eigenvalue weighted by atomic mass is 35.5. The number of hydrogen-bond acceptors (Lipinski definition) is 4. The van der Waals surface area contributed by atoms with Crippen LogP contribution in [0.1, 0.15) is 5.56 Å². The number of nitrogens with one attached hydrogen (secondary N) is 2.